The van der Waals surface area contributed by atoms with Crippen molar-refractivity contribution in [2.24, 2.45) is 5.92 Å². The smallest absolute Gasteiger partial charge is 0.416 e. The summed E-state index contributed by atoms with van der Waals surface area (Å²) in [6.07, 6.45) is -3.59. The quantitative estimate of drug-likeness (QED) is 0.588. The van der Waals surface area contributed by atoms with Gasteiger partial charge in [0, 0.05) is 9.50 Å². The molecule has 1 N–H and O–H groups in total. The van der Waals surface area contributed by atoms with Gasteiger partial charge in [-0.1, -0.05) is 39.7 Å². The van der Waals surface area contributed by atoms with Crippen LogP contribution in [0.2, 0.25) is 5.02 Å². The van der Waals surface area contributed by atoms with Gasteiger partial charge in [0.05, 0.1) is 17.5 Å². The molecule has 1 heterocycles. The van der Waals surface area contributed by atoms with Crippen LogP contribution < -0.4 is 0 Å². The van der Waals surface area contributed by atoms with Gasteiger partial charge in [0.25, 0.3) is 0 Å². The predicted octanol–water partition coefficient (Wildman–Crippen LogP) is 6.01. The van der Waals surface area contributed by atoms with Crippen molar-refractivity contribution in [2.75, 3.05) is 13.1 Å². The minimum absolute atomic E-state index is 0.248. The van der Waals surface area contributed by atoms with Crippen molar-refractivity contribution >= 4 is 33.5 Å². The van der Waals surface area contributed by atoms with E-state index in [4.69, 9.17) is 11.6 Å². The number of halogens is 5. The molecule has 3 nitrogen and oxygen atoms in total. The predicted molar refractivity (Wildman–Crippen MR) is 104 cm³/mol. The van der Waals surface area contributed by atoms with Crippen LogP contribution in [0, 0.1) is 5.92 Å². The van der Waals surface area contributed by atoms with Crippen LogP contribution in [0.5, 0.6) is 0 Å². The zero-order valence-corrected chi connectivity index (χ0v) is 17.1. The molecule has 1 atom stereocenters. The fraction of sp³-hybridized carbons (Fsp3) is 0.350. The summed E-state index contributed by atoms with van der Waals surface area (Å²) < 4.78 is 40.7. The van der Waals surface area contributed by atoms with Crippen molar-refractivity contribution in [3.05, 3.63) is 68.7 Å². The first-order valence-corrected chi connectivity index (χ1v) is 9.93. The Morgan fingerprint density at radius 2 is 1.86 bits per heavy atom. The molecule has 1 fully saturated rings. The maximum atomic E-state index is 13.3. The van der Waals surface area contributed by atoms with Crippen LogP contribution in [0.4, 0.5) is 13.2 Å². The number of likely N-dealkylation sites (tertiary alicyclic amines) is 1. The Kier molecular flexibility index (Phi) is 6.37. The average Bonchev–Trinajstić information content (AvgIpc) is 2.63. The third kappa shape index (κ3) is 4.70. The molecule has 0 aromatic heterocycles. The summed E-state index contributed by atoms with van der Waals surface area (Å²) in [4.78, 5) is 13.3. The Morgan fingerprint density at radius 3 is 2.43 bits per heavy atom. The maximum Gasteiger partial charge on any atom is 0.416 e. The molecule has 28 heavy (non-hydrogen) atoms. The van der Waals surface area contributed by atoms with Gasteiger partial charge in [0.1, 0.15) is 0 Å². The second-order valence-corrected chi connectivity index (χ2v) is 8.16. The fourth-order valence-corrected chi connectivity index (χ4v) is 4.24. The van der Waals surface area contributed by atoms with Gasteiger partial charge in [-0.05, 0) is 67.4 Å². The lowest BCUT2D eigenvalue weighted by Crippen LogP contribution is -2.39. The molecule has 150 valence electrons. The molecule has 3 rings (SSSR count). The van der Waals surface area contributed by atoms with Gasteiger partial charge in [0.2, 0.25) is 0 Å². The molecular formula is C20H18BrClF3NO2. The first kappa shape index (κ1) is 21.1. The number of piperidine rings is 1. The Balaban J connectivity index is 2.04. The fourth-order valence-electron chi connectivity index (χ4n) is 3.60. The number of nitrogens with zero attached hydrogens (tertiary/aromatic N) is 1. The van der Waals surface area contributed by atoms with E-state index in [-0.39, 0.29) is 5.02 Å². The zero-order valence-electron chi connectivity index (χ0n) is 14.7. The van der Waals surface area contributed by atoms with E-state index >= 15 is 0 Å². The van der Waals surface area contributed by atoms with Gasteiger partial charge in [-0.2, -0.15) is 13.2 Å². The van der Waals surface area contributed by atoms with Gasteiger partial charge < -0.3 is 5.11 Å². The molecule has 8 heteroatoms. The molecule has 0 spiro atoms. The molecule has 1 unspecified atom stereocenters. The summed E-state index contributed by atoms with van der Waals surface area (Å²) in [5, 5.41) is 9.48. The number of benzene rings is 2. The molecule has 0 bridgehead atoms. The van der Waals surface area contributed by atoms with E-state index in [1.54, 1.807) is 0 Å². The van der Waals surface area contributed by atoms with Gasteiger partial charge in [-0.3, -0.25) is 9.69 Å². The van der Waals surface area contributed by atoms with Crippen LogP contribution in [0.25, 0.3) is 0 Å². The lowest BCUT2D eigenvalue weighted by molar-refractivity contribution is -0.143. The normalized spacial score (nSPS) is 17.5. The van der Waals surface area contributed by atoms with E-state index in [1.165, 1.54) is 6.07 Å². The molecule has 2 aromatic rings. The summed E-state index contributed by atoms with van der Waals surface area (Å²) in [5.41, 5.74) is 0.403. The van der Waals surface area contributed by atoms with Crippen molar-refractivity contribution in [2.45, 2.75) is 25.1 Å². The van der Waals surface area contributed by atoms with E-state index in [9.17, 15) is 23.1 Å². The van der Waals surface area contributed by atoms with Crippen molar-refractivity contribution in [1.82, 2.24) is 4.90 Å². The number of hydrogen-bond donors (Lipinski definition) is 1. The first-order chi connectivity index (χ1) is 13.2. The molecule has 0 amide bonds. The van der Waals surface area contributed by atoms with Crippen molar-refractivity contribution in [3.63, 3.8) is 0 Å². The number of rotatable bonds is 4. The highest BCUT2D eigenvalue weighted by Gasteiger charge is 2.35. The van der Waals surface area contributed by atoms with Crippen molar-refractivity contribution in [3.8, 4) is 0 Å². The number of hydrogen-bond acceptors (Lipinski definition) is 2. The van der Waals surface area contributed by atoms with Crippen LogP contribution >= 0.6 is 27.5 Å². The summed E-state index contributed by atoms with van der Waals surface area (Å²) in [5.74, 6) is -1.27. The third-order valence-corrected chi connectivity index (χ3v) is 5.86. The number of carboxylic acids is 1. The minimum Gasteiger partial charge on any atom is -0.481 e. The molecule has 0 radical (unpaired) electrons. The molecule has 1 aliphatic heterocycles. The Bertz CT molecular complexity index is 867. The topological polar surface area (TPSA) is 40.5 Å². The van der Waals surface area contributed by atoms with Crippen molar-refractivity contribution in [1.29, 1.82) is 0 Å². The average molecular weight is 477 g/mol. The van der Waals surface area contributed by atoms with Gasteiger partial charge in [0.15, 0.2) is 0 Å². The Labute approximate surface area is 174 Å². The largest absolute Gasteiger partial charge is 0.481 e. The molecule has 0 aliphatic carbocycles. The van der Waals surface area contributed by atoms with Gasteiger partial charge in [-0.25, -0.2) is 0 Å². The van der Waals surface area contributed by atoms with Crippen LogP contribution in [0.15, 0.2) is 46.9 Å². The number of carbonyl (C=O) groups is 1. The second kappa shape index (κ2) is 8.43. The Morgan fingerprint density at radius 1 is 1.18 bits per heavy atom. The summed E-state index contributed by atoms with van der Waals surface area (Å²) in [6.45, 7) is 0.918. The van der Waals surface area contributed by atoms with Crippen LogP contribution in [-0.4, -0.2) is 29.1 Å². The van der Waals surface area contributed by atoms with Gasteiger partial charge in [-0.15, -0.1) is 0 Å². The number of aliphatic carboxylic acids is 1. The van der Waals surface area contributed by atoms with Gasteiger partial charge >= 0.3 is 12.1 Å². The summed E-state index contributed by atoms with van der Waals surface area (Å²) >= 11 is 9.74. The lowest BCUT2D eigenvalue weighted by Gasteiger charge is -2.37. The monoisotopic (exact) mass is 475 g/mol. The lowest BCUT2D eigenvalue weighted by atomic mass is 9.90. The van der Waals surface area contributed by atoms with E-state index < -0.39 is 29.7 Å². The standard InChI is InChI=1S/C20H18BrClF3NO2/c21-15-3-1-2-13(10-15)18(26-8-6-12(7-9-26)19(27)28)16-11-14(20(23,24)25)4-5-17(16)22/h1-5,10-12,18H,6-9H2,(H,27,28). The van der Waals surface area contributed by atoms with E-state index in [1.807, 2.05) is 29.2 Å². The number of carboxylic acid groups (broad SMARTS) is 1. The van der Waals surface area contributed by atoms with E-state index in [0.29, 0.717) is 31.5 Å². The zero-order chi connectivity index (χ0) is 20.5. The molecule has 1 saturated heterocycles. The van der Waals surface area contributed by atoms with E-state index in [0.717, 1.165) is 22.2 Å². The first-order valence-electron chi connectivity index (χ1n) is 8.76. The van der Waals surface area contributed by atoms with E-state index in [2.05, 4.69) is 15.9 Å². The maximum absolute atomic E-state index is 13.3. The molecule has 1 aliphatic rings. The second-order valence-electron chi connectivity index (χ2n) is 6.84. The highest BCUT2D eigenvalue weighted by molar-refractivity contribution is 9.10. The van der Waals surface area contributed by atoms with Crippen LogP contribution in [0.3, 0.4) is 0 Å². The molecule has 2 aromatic carbocycles. The van der Waals surface area contributed by atoms with Crippen LogP contribution in [0.1, 0.15) is 35.6 Å². The van der Waals surface area contributed by atoms with Crippen molar-refractivity contribution < 1.29 is 23.1 Å². The molecular weight excluding hydrogens is 459 g/mol. The highest BCUT2D eigenvalue weighted by atomic mass is 79.9. The summed E-state index contributed by atoms with van der Waals surface area (Å²) in [7, 11) is 0. The van der Waals surface area contributed by atoms with Crippen LogP contribution in [-0.2, 0) is 11.0 Å². The third-order valence-electron chi connectivity index (χ3n) is 5.03. The minimum atomic E-state index is -4.47. The Hall–Kier alpha value is -1.57. The molecule has 0 saturated carbocycles. The number of alkyl halides is 3. The highest BCUT2D eigenvalue weighted by Crippen LogP contribution is 2.40. The summed E-state index contributed by atoms with van der Waals surface area (Å²) in [6, 6.07) is 10.2. The SMILES string of the molecule is O=C(O)C1CCN(C(c2cccc(Br)c2)c2cc(C(F)(F)F)ccc2Cl)CC1.